The largest absolute Gasteiger partial charge is 0.459 e. The van der Waals surface area contributed by atoms with E-state index in [0.717, 1.165) is 37.2 Å². The van der Waals surface area contributed by atoms with Crippen molar-refractivity contribution in [3.63, 3.8) is 0 Å². The number of nitrogen functional groups attached to an aromatic ring is 1. The quantitative estimate of drug-likeness (QED) is 0.672. The highest BCUT2D eigenvalue weighted by Crippen LogP contribution is 2.38. The van der Waals surface area contributed by atoms with E-state index in [2.05, 4.69) is 0 Å². The summed E-state index contributed by atoms with van der Waals surface area (Å²) in [6.07, 6.45) is 3.63. The molecule has 5 heteroatoms. The minimum Gasteiger partial charge on any atom is -0.459 e. The molecule has 2 fully saturated rings. The maximum absolute atomic E-state index is 12.3. The second-order valence-corrected chi connectivity index (χ2v) is 6.98. The number of ether oxygens (including phenoxy) is 2. The lowest BCUT2D eigenvalue weighted by molar-refractivity contribution is -0.124. The average Bonchev–Trinajstić information content (AvgIpc) is 2.48. The maximum atomic E-state index is 12.3. The summed E-state index contributed by atoms with van der Waals surface area (Å²) in [6, 6.07) is 7.05. The molecule has 1 spiro atoms. The smallest absolute Gasteiger partial charge is 0.340 e. The lowest BCUT2D eigenvalue weighted by Gasteiger charge is -2.42. The van der Waals surface area contributed by atoms with Gasteiger partial charge >= 0.3 is 5.97 Å². The Balaban J connectivity index is 1.65. The molecule has 4 nitrogen and oxygen atoms in total. The Kier molecular flexibility index (Phi) is 4.40. The first kappa shape index (κ1) is 14.7. The van der Waals surface area contributed by atoms with Gasteiger partial charge in [-0.2, -0.15) is 11.8 Å². The summed E-state index contributed by atoms with van der Waals surface area (Å²) in [4.78, 5) is 12.3. The van der Waals surface area contributed by atoms with Crippen molar-refractivity contribution in [2.24, 2.45) is 0 Å². The summed E-state index contributed by atoms with van der Waals surface area (Å²) in [5.74, 6) is 1.94. The normalized spacial score (nSPS) is 24.7. The van der Waals surface area contributed by atoms with E-state index < -0.39 is 0 Å². The third-order valence-electron chi connectivity index (χ3n) is 4.31. The fraction of sp³-hybridized carbons (Fsp3) is 0.562. The van der Waals surface area contributed by atoms with Gasteiger partial charge in [0.2, 0.25) is 0 Å². The molecule has 2 saturated heterocycles. The Labute approximate surface area is 129 Å². The first-order valence-electron chi connectivity index (χ1n) is 7.46. The van der Waals surface area contributed by atoms with Crippen molar-refractivity contribution in [3.8, 4) is 0 Å². The number of esters is 1. The van der Waals surface area contributed by atoms with Crippen LogP contribution in [0.3, 0.4) is 0 Å². The molecule has 0 saturated carbocycles. The number of carbonyl (C=O) groups excluding carboxylic acids is 1. The van der Waals surface area contributed by atoms with Crippen molar-refractivity contribution in [2.75, 3.05) is 23.8 Å². The molecule has 0 aliphatic carbocycles. The van der Waals surface area contributed by atoms with Crippen molar-refractivity contribution in [2.45, 2.75) is 37.4 Å². The van der Waals surface area contributed by atoms with Gasteiger partial charge in [-0.05, 0) is 36.5 Å². The molecule has 2 aliphatic rings. The van der Waals surface area contributed by atoms with Gasteiger partial charge in [-0.1, -0.05) is 12.1 Å². The second kappa shape index (κ2) is 6.28. The third-order valence-corrected chi connectivity index (χ3v) is 5.29. The van der Waals surface area contributed by atoms with Crippen LogP contribution in [0.1, 0.15) is 36.0 Å². The summed E-state index contributed by atoms with van der Waals surface area (Å²) in [5, 5.41) is 0. The van der Waals surface area contributed by atoms with Gasteiger partial charge in [-0.25, -0.2) is 4.79 Å². The summed E-state index contributed by atoms with van der Waals surface area (Å²) in [5.41, 5.74) is 6.69. The average molecular weight is 307 g/mol. The second-order valence-electron chi connectivity index (χ2n) is 5.75. The molecule has 1 aromatic rings. The zero-order chi connectivity index (χ0) is 14.7. The van der Waals surface area contributed by atoms with E-state index in [1.54, 1.807) is 18.2 Å². The fourth-order valence-electron chi connectivity index (χ4n) is 3.07. The third kappa shape index (κ3) is 3.35. The zero-order valence-electron chi connectivity index (χ0n) is 12.0. The molecule has 2 heterocycles. The zero-order valence-corrected chi connectivity index (χ0v) is 12.9. The van der Waals surface area contributed by atoms with Crippen molar-refractivity contribution in [3.05, 3.63) is 29.8 Å². The van der Waals surface area contributed by atoms with Crippen molar-refractivity contribution >= 4 is 23.4 Å². The van der Waals surface area contributed by atoms with Crippen LogP contribution in [-0.4, -0.2) is 35.8 Å². The topological polar surface area (TPSA) is 61.6 Å². The monoisotopic (exact) mass is 307 g/mol. The maximum Gasteiger partial charge on any atom is 0.340 e. The molecular weight excluding hydrogens is 286 g/mol. The summed E-state index contributed by atoms with van der Waals surface area (Å²) in [7, 11) is 0. The molecule has 0 bridgehead atoms. The minimum atomic E-state index is -0.319. The minimum absolute atomic E-state index is 0.0612. The predicted molar refractivity (Wildman–Crippen MR) is 84.5 cm³/mol. The lowest BCUT2D eigenvalue weighted by atomic mass is 9.86. The highest BCUT2D eigenvalue weighted by Gasteiger charge is 2.40. The van der Waals surface area contributed by atoms with Crippen LogP contribution in [0.2, 0.25) is 0 Å². The van der Waals surface area contributed by atoms with Crippen LogP contribution in [0, 0.1) is 0 Å². The van der Waals surface area contributed by atoms with Gasteiger partial charge < -0.3 is 15.2 Å². The Morgan fingerprint density at radius 2 is 2.10 bits per heavy atom. The standard InChI is InChI=1S/C16H21NO3S/c17-14-4-2-1-3-13(14)15(18)20-12-5-8-19-16(11-12)6-9-21-10-7-16/h1-4,12H,5-11,17H2. The summed E-state index contributed by atoms with van der Waals surface area (Å²) >= 11 is 1.97. The van der Waals surface area contributed by atoms with Gasteiger partial charge in [0.05, 0.1) is 17.8 Å². The van der Waals surface area contributed by atoms with E-state index >= 15 is 0 Å². The summed E-state index contributed by atoms with van der Waals surface area (Å²) < 4.78 is 11.7. The van der Waals surface area contributed by atoms with Gasteiger partial charge in [0.15, 0.2) is 0 Å². The Bertz CT molecular complexity index is 508. The number of nitrogens with two attached hydrogens (primary N) is 1. The molecule has 114 valence electrons. The Morgan fingerprint density at radius 3 is 2.86 bits per heavy atom. The number of anilines is 1. The van der Waals surface area contributed by atoms with Crippen LogP contribution in [-0.2, 0) is 9.47 Å². The molecule has 1 atom stereocenters. The Morgan fingerprint density at radius 1 is 1.33 bits per heavy atom. The van der Waals surface area contributed by atoms with Crippen LogP contribution in [0.15, 0.2) is 24.3 Å². The van der Waals surface area contributed by atoms with E-state index in [0.29, 0.717) is 17.9 Å². The SMILES string of the molecule is Nc1ccccc1C(=O)OC1CCOC2(CCSCC2)C1. The number of hydrogen-bond donors (Lipinski definition) is 1. The van der Waals surface area contributed by atoms with Crippen LogP contribution in [0.4, 0.5) is 5.69 Å². The first-order valence-corrected chi connectivity index (χ1v) is 8.61. The van der Waals surface area contributed by atoms with E-state index in [9.17, 15) is 4.79 Å². The van der Waals surface area contributed by atoms with Gasteiger partial charge in [-0.3, -0.25) is 0 Å². The van der Waals surface area contributed by atoms with E-state index in [4.69, 9.17) is 15.2 Å². The number of para-hydroxylation sites is 1. The number of carbonyl (C=O) groups is 1. The molecule has 3 rings (SSSR count). The van der Waals surface area contributed by atoms with Gasteiger partial charge in [0.1, 0.15) is 6.10 Å². The summed E-state index contributed by atoms with van der Waals surface area (Å²) in [6.45, 7) is 0.673. The molecule has 21 heavy (non-hydrogen) atoms. The number of hydrogen-bond acceptors (Lipinski definition) is 5. The number of thioether (sulfide) groups is 1. The van der Waals surface area contributed by atoms with Gasteiger partial charge in [0.25, 0.3) is 0 Å². The molecule has 0 radical (unpaired) electrons. The number of benzene rings is 1. The Hall–Kier alpha value is -1.20. The molecule has 1 unspecified atom stereocenters. The molecule has 0 aromatic heterocycles. The van der Waals surface area contributed by atoms with Crippen molar-refractivity contribution < 1.29 is 14.3 Å². The van der Waals surface area contributed by atoms with Crippen molar-refractivity contribution in [1.82, 2.24) is 0 Å². The molecular formula is C16H21NO3S. The molecule has 0 amide bonds. The lowest BCUT2D eigenvalue weighted by Crippen LogP contribution is -2.45. The van der Waals surface area contributed by atoms with Crippen LogP contribution in [0.25, 0.3) is 0 Å². The van der Waals surface area contributed by atoms with Crippen LogP contribution < -0.4 is 5.73 Å². The molecule has 2 N–H and O–H groups in total. The highest BCUT2D eigenvalue weighted by atomic mass is 32.2. The highest BCUT2D eigenvalue weighted by molar-refractivity contribution is 7.99. The van der Waals surface area contributed by atoms with Crippen LogP contribution >= 0.6 is 11.8 Å². The van der Waals surface area contributed by atoms with E-state index in [1.165, 1.54) is 0 Å². The predicted octanol–water partition coefficient (Wildman–Crippen LogP) is 2.87. The van der Waals surface area contributed by atoms with E-state index in [1.807, 2.05) is 17.8 Å². The molecule has 1 aromatic carbocycles. The van der Waals surface area contributed by atoms with E-state index in [-0.39, 0.29) is 17.7 Å². The fourth-order valence-corrected chi connectivity index (χ4v) is 4.31. The van der Waals surface area contributed by atoms with Gasteiger partial charge in [0, 0.05) is 18.5 Å². The van der Waals surface area contributed by atoms with Gasteiger partial charge in [-0.15, -0.1) is 0 Å². The number of rotatable bonds is 2. The van der Waals surface area contributed by atoms with Crippen LogP contribution in [0.5, 0.6) is 0 Å². The molecule has 2 aliphatic heterocycles. The van der Waals surface area contributed by atoms with Crippen molar-refractivity contribution in [1.29, 1.82) is 0 Å². The first-order chi connectivity index (χ1) is 10.2.